The molecular weight excluding hydrogens is 302 g/mol. The molecular formula is C16H29NO6. The molecule has 0 saturated carbocycles. The lowest BCUT2D eigenvalue weighted by Crippen LogP contribution is -2.51. The number of carbonyl (C=O) groups is 1. The quantitative estimate of drug-likeness (QED) is 0.809. The van der Waals surface area contributed by atoms with Gasteiger partial charge < -0.3 is 29.3 Å². The Kier molecular flexibility index (Phi) is 5.25. The third-order valence-electron chi connectivity index (χ3n) is 4.04. The van der Waals surface area contributed by atoms with Gasteiger partial charge in [-0.2, -0.15) is 0 Å². The Balaban J connectivity index is 2.15. The average Bonchev–Trinajstić information content (AvgIpc) is 2.99. The van der Waals surface area contributed by atoms with Crippen LogP contribution in [0.25, 0.3) is 0 Å². The van der Waals surface area contributed by atoms with Gasteiger partial charge in [-0.25, -0.2) is 4.79 Å². The summed E-state index contributed by atoms with van der Waals surface area (Å²) in [4.78, 5) is 14.1. The molecule has 0 aromatic heterocycles. The molecule has 2 aliphatic heterocycles. The van der Waals surface area contributed by atoms with Gasteiger partial charge in [-0.3, -0.25) is 0 Å². The molecule has 2 saturated heterocycles. The molecule has 0 radical (unpaired) electrons. The second-order valence-electron chi connectivity index (χ2n) is 7.70. The zero-order valence-corrected chi connectivity index (χ0v) is 14.6. The van der Waals surface area contributed by atoms with Crippen LogP contribution < -0.4 is 0 Å². The van der Waals surface area contributed by atoms with E-state index in [4.69, 9.17) is 14.2 Å². The predicted molar refractivity (Wildman–Crippen MR) is 82.9 cm³/mol. The van der Waals surface area contributed by atoms with E-state index in [1.165, 1.54) is 0 Å². The van der Waals surface area contributed by atoms with Crippen LogP contribution in [0.4, 0.5) is 4.79 Å². The molecule has 2 aliphatic rings. The number of amides is 1. The highest BCUT2D eigenvalue weighted by Gasteiger charge is 2.51. The minimum absolute atomic E-state index is 0.238. The topological polar surface area (TPSA) is 88.5 Å². The average molecular weight is 331 g/mol. The first-order valence-corrected chi connectivity index (χ1v) is 8.18. The summed E-state index contributed by atoms with van der Waals surface area (Å²) in [6.45, 7) is 9.17. The fraction of sp³-hybridized carbons (Fsp3) is 0.938. The number of hydrogen-bond acceptors (Lipinski definition) is 6. The fourth-order valence-corrected chi connectivity index (χ4v) is 3.20. The summed E-state index contributed by atoms with van der Waals surface area (Å²) < 4.78 is 17.1. The Morgan fingerprint density at radius 2 is 2.04 bits per heavy atom. The molecule has 2 rings (SSSR count). The number of aliphatic hydroxyl groups excluding tert-OH is 2. The molecule has 2 heterocycles. The van der Waals surface area contributed by atoms with Crippen LogP contribution in [0.5, 0.6) is 0 Å². The summed E-state index contributed by atoms with van der Waals surface area (Å²) in [5.41, 5.74) is -0.569. The molecule has 0 bridgehead atoms. The molecule has 2 fully saturated rings. The van der Waals surface area contributed by atoms with E-state index < -0.39 is 36.3 Å². The van der Waals surface area contributed by atoms with Crippen molar-refractivity contribution in [2.24, 2.45) is 0 Å². The Morgan fingerprint density at radius 3 is 2.61 bits per heavy atom. The zero-order valence-electron chi connectivity index (χ0n) is 14.6. The number of hydrogen-bond donors (Lipinski definition) is 2. The van der Waals surface area contributed by atoms with Crippen molar-refractivity contribution in [2.45, 2.75) is 83.2 Å². The van der Waals surface area contributed by atoms with Gasteiger partial charge in [-0.1, -0.05) is 0 Å². The van der Waals surface area contributed by atoms with Gasteiger partial charge in [0, 0.05) is 6.54 Å². The maximum absolute atomic E-state index is 12.4. The van der Waals surface area contributed by atoms with Gasteiger partial charge in [0.1, 0.15) is 23.9 Å². The first kappa shape index (κ1) is 18.4. The molecule has 0 aromatic rings. The molecule has 7 nitrogen and oxygen atoms in total. The van der Waals surface area contributed by atoms with E-state index in [9.17, 15) is 15.0 Å². The molecule has 0 aliphatic carbocycles. The monoisotopic (exact) mass is 331 g/mol. The lowest BCUT2D eigenvalue weighted by molar-refractivity contribution is -0.159. The van der Waals surface area contributed by atoms with Crippen molar-refractivity contribution in [1.29, 1.82) is 0 Å². The maximum Gasteiger partial charge on any atom is 0.410 e. The van der Waals surface area contributed by atoms with Crippen molar-refractivity contribution >= 4 is 6.09 Å². The predicted octanol–water partition coefficient (Wildman–Crippen LogP) is 1.26. The summed E-state index contributed by atoms with van der Waals surface area (Å²) in [5.74, 6) is -0.867. The number of rotatable bonds is 3. The SMILES string of the molecule is CC(C)(C)OC(=O)N1CCC[C@H]1[C@@H]1OC(C)(C)O[C@@H]1[C@H](O)CO. The third-order valence-corrected chi connectivity index (χ3v) is 4.04. The summed E-state index contributed by atoms with van der Waals surface area (Å²) in [7, 11) is 0. The third kappa shape index (κ3) is 4.35. The van der Waals surface area contributed by atoms with Crippen LogP contribution in [-0.4, -0.2) is 70.1 Å². The van der Waals surface area contributed by atoms with Gasteiger partial charge in [-0.05, 0) is 47.5 Å². The second kappa shape index (κ2) is 6.55. The number of ether oxygens (including phenoxy) is 3. The van der Waals surface area contributed by atoms with E-state index in [0.717, 1.165) is 12.8 Å². The van der Waals surface area contributed by atoms with Crippen LogP contribution in [-0.2, 0) is 14.2 Å². The highest BCUT2D eigenvalue weighted by Crippen LogP contribution is 2.37. The van der Waals surface area contributed by atoms with Gasteiger partial charge in [0.25, 0.3) is 0 Å². The van der Waals surface area contributed by atoms with Gasteiger partial charge in [-0.15, -0.1) is 0 Å². The Bertz CT molecular complexity index is 433. The van der Waals surface area contributed by atoms with Gasteiger partial charge in [0.2, 0.25) is 0 Å². The highest BCUT2D eigenvalue weighted by molar-refractivity contribution is 5.69. The molecule has 0 spiro atoms. The van der Waals surface area contributed by atoms with E-state index in [2.05, 4.69) is 0 Å². The van der Waals surface area contributed by atoms with Crippen molar-refractivity contribution in [3.63, 3.8) is 0 Å². The number of aliphatic hydroxyl groups is 2. The largest absolute Gasteiger partial charge is 0.444 e. The molecule has 0 aromatic carbocycles. The van der Waals surface area contributed by atoms with E-state index >= 15 is 0 Å². The maximum atomic E-state index is 12.4. The van der Waals surface area contributed by atoms with Crippen LogP contribution in [0.2, 0.25) is 0 Å². The van der Waals surface area contributed by atoms with Gasteiger partial charge >= 0.3 is 6.09 Å². The second-order valence-corrected chi connectivity index (χ2v) is 7.70. The van der Waals surface area contributed by atoms with Crippen LogP contribution in [0.1, 0.15) is 47.5 Å². The molecule has 0 unspecified atom stereocenters. The van der Waals surface area contributed by atoms with Crippen molar-refractivity contribution in [1.82, 2.24) is 4.90 Å². The lowest BCUT2D eigenvalue weighted by Gasteiger charge is -2.33. The first-order valence-electron chi connectivity index (χ1n) is 8.18. The molecule has 23 heavy (non-hydrogen) atoms. The van der Waals surface area contributed by atoms with E-state index in [1.807, 2.05) is 20.8 Å². The van der Waals surface area contributed by atoms with Crippen LogP contribution in [0, 0.1) is 0 Å². The van der Waals surface area contributed by atoms with Crippen LogP contribution >= 0.6 is 0 Å². The van der Waals surface area contributed by atoms with Crippen LogP contribution in [0.15, 0.2) is 0 Å². The zero-order chi connectivity index (χ0) is 17.4. The lowest BCUT2D eigenvalue weighted by atomic mass is 9.99. The number of nitrogens with zero attached hydrogens (tertiary/aromatic N) is 1. The smallest absolute Gasteiger partial charge is 0.410 e. The van der Waals surface area contributed by atoms with Crippen LogP contribution in [0.3, 0.4) is 0 Å². The van der Waals surface area contributed by atoms with Crippen molar-refractivity contribution in [3.8, 4) is 0 Å². The Hall–Kier alpha value is -0.890. The Morgan fingerprint density at radius 1 is 1.39 bits per heavy atom. The molecule has 134 valence electrons. The van der Waals surface area contributed by atoms with Crippen molar-refractivity contribution < 1.29 is 29.2 Å². The van der Waals surface area contributed by atoms with Gasteiger partial charge in [0.15, 0.2) is 5.79 Å². The summed E-state index contributed by atoms with van der Waals surface area (Å²) in [6.07, 6.45) is -1.02. The van der Waals surface area contributed by atoms with E-state index in [0.29, 0.717) is 6.54 Å². The first-order chi connectivity index (χ1) is 10.5. The van der Waals surface area contributed by atoms with Gasteiger partial charge in [0.05, 0.1) is 12.6 Å². The minimum Gasteiger partial charge on any atom is -0.444 e. The fourth-order valence-electron chi connectivity index (χ4n) is 3.20. The Labute approximate surface area is 137 Å². The number of likely N-dealkylation sites (tertiary alicyclic amines) is 1. The molecule has 7 heteroatoms. The van der Waals surface area contributed by atoms with Crippen molar-refractivity contribution in [3.05, 3.63) is 0 Å². The van der Waals surface area contributed by atoms with Crippen molar-refractivity contribution in [2.75, 3.05) is 13.2 Å². The summed E-state index contributed by atoms with van der Waals surface area (Å²) >= 11 is 0. The number of carbonyl (C=O) groups excluding carboxylic acids is 1. The van der Waals surface area contributed by atoms with E-state index in [-0.39, 0.29) is 12.1 Å². The molecule has 4 atom stereocenters. The molecule has 1 amide bonds. The summed E-state index contributed by atoms with van der Waals surface area (Å²) in [6, 6.07) is -0.238. The normalized spacial score (nSPS) is 32.1. The molecule has 2 N–H and O–H groups in total. The highest BCUT2D eigenvalue weighted by atomic mass is 16.8. The minimum atomic E-state index is -1.05. The van der Waals surface area contributed by atoms with E-state index in [1.54, 1.807) is 18.7 Å². The summed E-state index contributed by atoms with van der Waals surface area (Å²) in [5, 5.41) is 19.3. The standard InChI is InChI=1S/C16H29NO6/c1-15(2,3)23-14(20)17-8-6-7-10(17)12-13(11(19)9-18)22-16(4,5)21-12/h10-13,18-19H,6-9H2,1-5H3/t10-,11+,12-,13+/m0/s1.